The van der Waals surface area contributed by atoms with Gasteiger partial charge >= 0.3 is 0 Å². The molecule has 1 aliphatic rings. The second-order valence-electron chi connectivity index (χ2n) is 7.35. The Morgan fingerprint density at radius 1 is 1.00 bits per heavy atom. The SMILES string of the molecule is COc1ccc(S(=O)(=O)NCCc2ccc(N3CCCCCC3)cc2)cc1C. The van der Waals surface area contributed by atoms with Gasteiger partial charge < -0.3 is 9.64 Å². The van der Waals surface area contributed by atoms with Crippen LogP contribution in [0.25, 0.3) is 0 Å². The van der Waals surface area contributed by atoms with E-state index in [4.69, 9.17) is 4.74 Å². The molecular weight excluding hydrogens is 372 g/mol. The van der Waals surface area contributed by atoms with E-state index in [1.54, 1.807) is 25.3 Å². The Balaban J connectivity index is 1.56. The van der Waals surface area contributed by atoms with Gasteiger partial charge in [0.2, 0.25) is 10.0 Å². The second kappa shape index (κ2) is 9.43. The first-order chi connectivity index (χ1) is 13.5. The van der Waals surface area contributed by atoms with Crippen LogP contribution >= 0.6 is 0 Å². The number of nitrogens with zero attached hydrogens (tertiary/aromatic N) is 1. The summed E-state index contributed by atoms with van der Waals surface area (Å²) in [5.74, 6) is 0.684. The molecule has 2 aromatic carbocycles. The van der Waals surface area contributed by atoms with Gasteiger partial charge in [0.25, 0.3) is 0 Å². The van der Waals surface area contributed by atoms with Crippen LogP contribution in [0.4, 0.5) is 5.69 Å². The van der Waals surface area contributed by atoms with Crippen molar-refractivity contribution in [1.29, 1.82) is 0 Å². The fourth-order valence-corrected chi connectivity index (χ4v) is 4.75. The minimum absolute atomic E-state index is 0.266. The van der Waals surface area contributed by atoms with E-state index in [2.05, 4.69) is 33.9 Å². The van der Waals surface area contributed by atoms with Gasteiger partial charge in [-0.1, -0.05) is 25.0 Å². The molecule has 6 heteroatoms. The molecule has 0 spiro atoms. The van der Waals surface area contributed by atoms with Crippen LogP contribution in [-0.4, -0.2) is 35.2 Å². The molecule has 0 amide bonds. The maximum atomic E-state index is 12.5. The first-order valence-corrected chi connectivity index (χ1v) is 11.5. The number of hydrogen-bond acceptors (Lipinski definition) is 4. The molecule has 1 saturated heterocycles. The molecule has 0 aromatic heterocycles. The Morgan fingerprint density at radius 2 is 1.68 bits per heavy atom. The highest BCUT2D eigenvalue weighted by atomic mass is 32.2. The molecule has 0 aliphatic carbocycles. The van der Waals surface area contributed by atoms with Gasteiger partial charge in [0.15, 0.2) is 0 Å². The van der Waals surface area contributed by atoms with Crippen LogP contribution in [0.1, 0.15) is 36.8 Å². The molecule has 0 saturated carbocycles. The molecule has 2 aromatic rings. The molecule has 1 heterocycles. The lowest BCUT2D eigenvalue weighted by atomic mass is 10.1. The van der Waals surface area contributed by atoms with Crippen molar-refractivity contribution in [1.82, 2.24) is 4.72 Å². The smallest absolute Gasteiger partial charge is 0.240 e. The van der Waals surface area contributed by atoms with Crippen LogP contribution in [-0.2, 0) is 16.4 Å². The van der Waals surface area contributed by atoms with E-state index in [9.17, 15) is 8.42 Å². The van der Waals surface area contributed by atoms with Crippen LogP contribution in [0.2, 0.25) is 0 Å². The molecule has 0 unspecified atom stereocenters. The van der Waals surface area contributed by atoms with Gasteiger partial charge in [0.1, 0.15) is 5.75 Å². The molecule has 0 radical (unpaired) electrons. The number of ether oxygens (including phenoxy) is 1. The first-order valence-electron chi connectivity index (χ1n) is 9.98. The minimum Gasteiger partial charge on any atom is -0.496 e. The molecule has 28 heavy (non-hydrogen) atoms. The number of aryl methyl sites for hydroxylation is 1. The van der Waals surface area contributed by atoms with Gasteiger partial charge in [-0.3, -0.25) is 0 Å². The first kappa shape index (κ1) is 20.7. The Kier molecular flexibility index (Phi) is 6.97. The van der Waals surface area contributed by atoms with E-state index in [0.717, 1.165) is 24.2 Å². The number of nitrogens with one attached hydrogen (secondary N) is 1. The zero-order valence-electron chi connectivity index (χ0n) is 16.8. The number of rotatable bonds is 7. The lowest BCUT2D eigenvalue weighted by Gasteiger charge is -2.22. The number of methoxy groups -OCH3 is 1. The van der Waals surface area contributed by atoms with E-state index >= 15 is 0 Å². The quantitative estimate of drug-likeness (QED) is 0.763. The average Bonchev–Trinajstić information content (AvgIpc) is 2.98. The minimum atomic E-state index is -3.52. The van der Waals surface area contributed by atoms with Gasteiger partial charge in [0.05, 0.1) is 12.0 Å². The van der Waals surface area contributed by atoms with Crippen LogP contribution in [0.3, 0.4) is 0 Å². The number of hydrogen-bond donors (Lipinski definition) is 1. The van der Waals surface area contributed by atoms with Crippen LogP contribution in [0, 0.1) is 6.92 Å². The lowest BCUT2D eigenvalue weighted by molar-refractivity contribution is 0.411. The summed E-state index contributed by atoms with van der Waals surface area (Å²) in [4.78, 5) is 2.72. The summed E-state index contributed by atoms with van der Waals surface area (Å²) in [6.45, 7) is 4.46. The summed E-state index contributed by atoms with van der Waals surface area (Å²) >= 11 is 0. The summed E-state index contributed by atoms with van der Waals surface area (Å²) in [7, 11) is -1.94. The third-order valence-electron chi connectivity index (χ3n) is 5.29. The normalized spacial score (nSPS) is 15.3. The van der Waals surface area contributed by atoms with Crippen molar-refractivity contribution in [2.45, 2.75) is 43.9 Å². The van der Waals surface area contributed by atoms with Crippen LogP contribution in [0.5, 0.6) is 5.75 Å². The topological polar surface area (TPSA) is 58.6 Å². The maximum Gasteiger partial charge on any atom is 0.240 e. The summed E-state index contributed by atoms with van der Waals surface area (Å²) in [6, 6.07) is 13.4. The van der Waals surface area contributed by atoms with Crippen LogP contribution < -0.4 is 14.4 Å². The summed E-state index contributed by atoms with van der Waals surface area (Å²) in [6.07, 6.45) is 5.82. The van der Waals surface area contributed by atoms with Gasteiger partial charge in [-0.15, -0.1) is 0 Å². The average molecular weight is 403 g/mol. The lowest BCUT2D eigenvalue weighted by Crippen LogP contribution is -2.26. The fourth-order valence-electron chi connectivity index (χ4n) is 3.63. The molecular formula is C22H30N2O3S. The molecule has 5 nitrogen and oxygen atoms in total. The Bertz CT molecular complexity index is 871. The molecule has 152 valence electrons. The Hall–Kier alpha value is -2.05. The molecule has 1 aliphatic heterocycles. The maximum absolute atomic E-state index is 12.5. The van der Waals surface area contributed by atoms with Crippen molar-refractivity contribution in [3.8, 4) is 5.75 Å². The largest absolute Gasteiger partial charge is 0.496 e. The Morgan fingerprint density at radius 3 is 2.29 bits per heavy atom. The predicted molar refractivity (Wildman–Crippen MR) is 114 cm³/mol. The van der Waals surface area contributed by atoms with E-state index in [1.807, 2.05) is 6.92 Å². The Labute approximate surface area is 168 Å². The fraction of sp³-hybridized carbons (Fsp3) is 0.455. The van der Waals surface area contributed by atoms with Crippen molar-refractivity contribution in [3.63, 3.8) is 0 Å². The van der Waals surface area contributed by atoms with Crippen molar-refractivity contribution >= 4 is 15.7 Å². The number of anilines is 1. The second-order valence-corrected chi connectivity index (χ2v) is 9.11. The molecule has 1 N–H and O–H groups in total. The van der Waals surface area contributed by atoms with E-state index in [1.165, 1.54) is 31.4 Å². The van der Waals surface area contributed by atoms with Crippen molar-refractivity contribution in [2.24, 2.45) is 0 Å². The summed E-state index contributed by atoms with van der Waals surface area (Å²) < 4.78 is 32.9. The van der Waals surface area contributed by atoms with Crippen molar-refractivity contribution in [3.05, 3.63) is 53.6 Å². The van der Waals surface area contributed by atoms with Gasteiger partial charge in [-0.2, -0.15) is 0 Å². The monoisotopic (exact) mass is 402 g/mol. The summed E-state index contributed by atoms with van der Waals surface area (Å²) in [5.41, 5.74) is 3.20. The van der Waals surface area contributed by atoms with E-state index < -0.39 is 10.0 Å². The van der Waals surface area contributed by atoms with Gasteiger partial charge in [-0.25, -0.2) is 13.1 Å². The molecule has 3 rings (SSSR count). The zero-order valence-corrected chi connectivity index (χ0v) is 17.6. The molecule has 0 bridgehead atoms. The standard InChI is InChI=1S/C22H30N2O3S/c1-18-17-21(11-12-22(18)27-2)28(25,26)23-14-13-19-7-9-20(10-8-19)24-15-5-3-4-6-16-24/h7-12,17,23H,3-6,13-16H2,1-2H3. The third kappa shape index (κ3) is 5.26. The van der Waals surface area contributed by atoms with Crippen molar-refractivity contribution < 1.29 is 13.2 Å². The molecule has 1 fully saturated rings. The van der Waals surface area contributed by atoms with Gasteiger partial charge in [0, 0.05) is 25.3 Å². The van der Waals surface area contributed by atoms with E-state index in [-0.39, 0.29) is 4.90 Å². The summed E-state index contributed by atoms with van der Waals surface area (Å²) in [5, 5.41) is 0. The highest BCUT2D eigenvalue weighted by Crippen LogP contribution is 2.22. The van der Waals surface area contributed by atoms with Crippen molar-refractivity contribution in [2.75, 3.05) is 31.6 Å². The third-order valence-corrected chi connectivity index (χ3v) is 6.75. The predicted octanol–water partition coefficient (Wildman–Crippen LogP) is 3.91. The van der Waals surface area contributed by atoms with Gasteiger partial charge in [-0.05, 0) is 67.6 Å². The highest BCUT2D eigenvalue weighted by Gasteiger charge is 2.15. The highest BCUT2D eigenvalue weighted by molar-refractivity contribution is 7.89. The zero-order chi connectivity index (χ0) is 20.0. The number of sulfonamides is 1. The van der Waals surface area contributed by atoms with E-state index in [0.29, 0.717) is 18.7 Å². The molecule has 0 atom stereocenters. The number of benzene rings is 2. The van der Waals surface area contributed by atoms with Crippen LogP contribution in [0.15, 0.2) is 47.4 Å².